The number of phenols is 1. The van der Waals surface area contributed by atoms with Crippen molar-refractivity contribution in [2.45, 2.75) is 33.2 Å². The highest BCUT2D eigenvalue weighted by atomic mass is 32.2. The molecule has 3 N–H and O–H groups in total. The number of rotatable bonds is 9. The monoisotopic (exact) mass is 464 g/mol. The third-order valence-corrected chi connectivity index (χ3v) is 5.54. The molecule has 0 radical (unpaired) electrons. The number of ether oxygens (including phenoxy) is 1. The molecule has 172 valence electrons. The first-order valence-corrected chi connectivity index (χ1v) is 11.8. The van der Waals surface area contributed by atoms with Crippen LogP contribution < -0.4 is 14.8 Å². The lowest BCUT2D eigenvalue weighted by molar-refractivity contribution is -0.119. The molecule has 0 saturated heterocycles. The minimum absolute atomic E-state index is 0.000274. The molecule has 6 nitrogen and oxygen atoms in total. The molecule has 0 bridgehead atoms. The van der Waals surface area contributed by atoms with Crippen LogP contribution in [0.5, 0.6) is 17.2 Å². The molecular weight excluding hydrogens is 436 g/mol. The number of amides is 2. The van der Waals surface area contributed by atoms with E-state index in [0.29, 0.717) is 30.9 Å². The van der Waals surface area contributed by atoms with Crippen molar-refractivity contribution >= 4 is 23.8 Å². The Kier molecular flexibility index (Phi) is 8.38. The van der Waals surface area contributed by atoms with Crippen molar-refractivity contribution < 1.29 is 19.4 Å². The molecule has 0 saturated carbocycles. The van der Waals surface area contributed by atoms with Gasteiger partial charge in [0.05, 0.1) is 5.56 Å². The van der Waals surface area contributed by atoms with Gasteiger partial charge in [0.25, 0.3) is 5.91 Å². The van der Waals surface area contributed by atoms with Crippen molar-refractivity contribution in [1.82, 2.24) is 10.0 Å². The number of hydrogen-bond acceptors (Lipinski definition) is 5. The average Bonchev–Trinajstić information content (AvgIpc) is 2.80. The summed E-state index contributed by atoms with van der Waals surface area (Å²) in [5.74, 6) is 0.652. The van der Waals surface area contributed by atoms with Crippen LogP contribution in [-0.4, -0.2) is 23.2 Å². The molecule has 0 spiro atoms. The summed E-state index contributed by atoms with van der Waals surface area (Å²) >= 11 is 1.29. The minimum Gasteiger partial charge on any atom is -0.507 e. The van der Waals surface area contributed by atoms with Gasteiger partial charge in [-0.1, -0.05) is 54.4 Å². The number of benzene rings is 3. The first kappa shape index (κ1) is 24.2. The summed E-state index contributed by atoms with van der Waals surface area (Å²) in [7, 11) is 0. The van der Waals surface area contributed by atoms with E-state index in [-0.39, 0.29) is 23.1 Å². The van der Waals surface area contributed by atoms with Gasteiger partial charge in [0.15, 0.2) is 0 Å². The number of carbonyl (C=O) groups excluding carboxylic acids is 2. The molecular formula is C26H28N2O4S. The van der Waals surface area contributed by atoms with Crippen LogP contribution in [-0.2, 0) is 17.8 Å². The first-order chi connectivity index (χ1) is 15.9. The van der Waals surface area contributed by atoms with E-state index in [0.717, 1.165) is 22.3 Å². The van der Waals surface area contributed by atoms with Gasteiger partial charge >= 0.3 is 0 Å². The molecule has 3 aromatic carbocycles. The quantitative estimate of drug-likeness (QED) is 0.385. The molecule has 0 unspecified atom stereocenters. The highest BCUT2D eigenvalue weighted by Crippen LogP contribution is 2.32. The second-order valence-corrected chi connectivity index (χ2v) is 8.35. The Bertz CT molecular complexity index is 1110. The highest BCUT2D eigenvalue weighted by Gasteiger charge is 2.15. The van der Waals surface area contributed by atoms with Crippen LogP contribution in [0.15, 0.2) is 60.7 Å². The molecule has 3 rings (SSSR count). The van der Waals surface area contributed by atoms with Crippen LogP contribution in [0.25, 0.3) is 0 Å². The van der Waals surface area contributed by atoms with Gasteiger partial charge in [-0.15, -0.1) is 0 Å². The van der Waals surface area contributed by atoms with Crippen molar-refractivity contribution in [3.05, 3.63) is 88.5 Å². The van der Waals surface area contributed by atoms with Crippen LogP contribution in [0.3, 0.4) is 0 Å². The van der Waals surface area contributed by atoms with E-state index in [1.807, 2.05) is 62.6 Å². The van der Waals surface area contributed by atoms with E-state index in [9.17, 15) is 14.7 Å². The second-order valence-electron chi connectivity index (χ2n) is 7.74. The van der Waals surface area contributed by atoms with Crippen LogP contribution >= 0.6 is 11.9 Å². The fraction of sp³-hybridized carbons (Fsp3) is 0.231. The topological polar surface area (TPSA) is 87.7 Å². The smallest absolute Gasteiger partial charge is 0.255 e. The maximum atomic E-state index is 12.6. The number of phenolic OH excluding ortho intramolecular Hbond substituents is 1. The Morgan fingerprint density at radius 3 is 2.33 bits per heavy atom. The average molecular weight is 465 g/mol. The van der Waals surface area contributed by atoms with Crippen LogP contribution in [0.1, 0.15) is 39.0 Å². The number of hydrogen-bond donors (Lipinski definition) is 3. The molecule has 0 fully saturated rings. The van der Waals surface area contributed by atoms with Crippen molar-refractivity contribution in [1.29, 1.82) is 0 Å². The van der Waals surface area contributed by atoms with Crippen molar-refractivity contribution in [2.24, 2.45) is 0 Å². The molecule has 0 heterocycles. The fourth-order valence-corrected chi connectivity index (χ4v) is 3.85. The predicted molar refractivity (Wildman–Crippen MR) is 132 cm³/mol. The molecule has 0 atom stereocenters. The summed E-state index contributed by atoms with van der Waals surface area (Å²) in [4.78, 5) is 24.4. The zero-order valence-corrected chi connectivity index (χ0v) is 19.8. The molecule has 0 aliphatic carbocycles. The third-order valence-electron chi connectivity index (χ3n) is 5.11. The molecule has 33 heavy (non-hydrogen) atoms. The van der Waals surface area contributed by atoms with E-state index in [2.05, 4.69) is 10.0 Å². The van der Waals surface area contributed by atoms with E-state index >= 15 is 0 Å². The zero-order valence-electron chi connectivity index (χ0n) is 19.0. The van der Waals surface area contributed by atoms with Gasteiger partial charge in [0.1, 0.15) is 17.2 Å². The first-order valence-electron chi connectivity index (χ1n) is 10.6. The predicted octanol–water partition coefficient (Wildman–Crippen LogP) is 5.06. The molecule has 2 amide bonds. The number of aryl methyl sites for hydroxylation is 3. The summed E-state index contributed by atoms with van der Waals surface area (Å²) in [6.45, 7) is 4.25. The number of carbonyl (C=O) groups is 2. The molecule has 3 aromatic rings. The van der Waals surface area contributed by atoms with Gasteiger partial charge < -0.3 is 19.9 Å². The van der Waals surface area contributed by atoms with Gasteiger partial charge in [-0.25, -0.2) is 0 Å². The lowest BCUT2D eigenvalue weighted by Gasteiger charge is -2.15. The summed E-state index contributed by atoms with van der Waals surface area (Å²) < 4.78 is 8.82. The molecule has 0 aliphatic heterocycles. The van der Waals surface area contributed by atoms with E-state index in [1.54, 1.807) is 6.07 Å². The van der Waals surface area contributed by atoms with Crippen molar-refractivity contribution in [2.75, 3.05) is 6.26 Å². The summed E-state index contributed by atoms with van der Waals surface area (Å²) in [5.41, 5.74) is 4.03. The fourth-order valence-electron chi connectivity index (χ4n) is 3.52. The Balaban J connectivity index is 1.71. The Hall–Kier alpha value is -3.45. The number of aromatic hydroxyl groups is 1. The van der Waals surface area contributed by atoms with Crippen LogP contribution in [0.2, 0.25) is 0 Å². The van der Waals surface area contributed by atoms with Crippen molar-refractivity contribution in [3.63, 3.8) is 0 Å². The Morgan fingerprint density at radius 1 is 0.970 bits per heavy atom. The van der Waals surface area contributed by atoms with Gasteiger partial charge in [0, 0.05) is 19.2 Å². The normalized spacial score (nSPS) is 10.5. The van der Waals surface area contributed by atoms with Crippen LogP contribution in [0.4, 0.5) is 0 Å². The highest BCUT2D eigenvalue weighted by molar-refractivity contribution is 7.97. The zero-order chi connectivity index (χ0) is 23.8. The van der Waals surface area contributed by atoms with Crippen molar-refractivity contribution in [3.8, 4) is 17.2 Å². The van der Waals surface area contributed by atoms with Gasteiger partial charge in [-0.2, -0.15) is 0 Å². The maximum Gasteiger partial charge on any atom is 0.255 e. The third kappa shape index (κ3) is 6.76. The summed E-state index contributed by atoms with van der Waals surface area (Å²) in [6.07, 6.45) is 2.87. The minimum atomic E-state index is -0.380. The van der Waals surface area contributed by atoms with Gasteiger partial charge in [-0.3, -0.25) is 9.59 Å². The van der Waals surface area contributed by atoms with Crippen LogP contribution in [0, 0.1) is 13.8 Å². The standard InChI is InChI=1S/C26H28N2O4S/c1-17-13-20(9-12-24(30)28-33-3)14-18(2)25(17)32-21-10-11-23(29)22(15-21)26(31)27-16-19-7-5-4-6-8-19/h4-8,10-11,13-15,29H,9,12,16H2,1-3H3,(H,27,31)(H,28,30). The Labute approximate surface area is 198 Å². The van der Waals surface area contributed by atoms with Gasteiger partial charge in [-0.05, 0) is 60.7 Å². The van der Waals surface area contributed by atoms with Gasteiger partial charge in [0.2, 0.25) is 5.91 Å². The SMILES string of the molecule is CSNC(=O)CCc1cc(C)c(Oc2ccc(O)c(C(=O)NCc3ccccc3)c2)c(C)c1. The lowest BCUT2D eigenvalue weighted by atomic mass is 10.0. The largest absolute Gasteiger partial charge is 0.507 e. The lowest BCUT2D eigenvalue weighted by Crippen LogP contribution is -2.22. The summed E-state index contributed by atoms with van der Waals surface area (Å²) in [5, 5.41) is 13.0. The molecule has 7 heteroatoms. The second kappa shape index (κ2) is 11.4. The summed E-state index contributed by atoms with van der Waals surface area (Å²) in [6, 6.07) is 18.2. The molecule has 0 aromatic heterocycles. The maximum absolute atomic E-state index is 12.6. The van der Waals surface area contributed by atoms with E-state index < -0.39 is 0 Å². The van der Waals surface area contributed by atoms with E-state index in [1.165, 1.54) is 24.1 Å². The number of nitrogens with one attached hydrogen (secondary N) is 2. The molecule has 0 aliphatic rings. The Morgan fingerprint density at radius 2 is 1.67 bits per heavy atom. The van der Waals surface area contributed by atoms with E-state index in [4.69, 9.17) is 4.74 Å².